The first-order valence-electron chi connectivity index (χ1n) is 10.5. The quantitative estimate of drug-likeness (QED) is 0.406. The molecule has 0 bridgehead atoms. The average Bonchev–Trinajstić information content (AvgIpc) is 3.12. The summed E-state index contributed by atoms with van der Waals surface area (Å²) in [5.74, 6) is -0.0977. The van der Waals surface area contributed by atoms with Crippen LogP contribution in [0.25, 0.3) is 21.3 Å². The van der Waals surface area contributed by atoms with Gasteiger partial charge in [-0.15, -0.1) is 11.3 Å². The number of carbonyl (C=O) groups excluding carboxylic acids is 1. The van der Waals surface area contributed by atoms with Crippen molar-refractivity contribution in [1.29, 1.82) is 0 Å². The van der Waals surface area contributed by atoms with Gasteiger partial charge in [-0.1, -0.05) is 48.0 Å². The molecule has 30 heavy (non-hydrogen) atoms. The molecule has 1 aliphatic rings. The van der Waals surface area contributed by atoms with Crippen molar-refractivity contribution in [3.63, 3.8) is 0 Å². The van der Waals surface area contributed by atoms with Crippen LogP contribution in [0.4, 0.5) is 5.69 Å². The third kappa shape index (κ3) is 3.31. The minimum absolute atomic E-state index is 0.0977. The first-order valence-corrected chi connectivity index (χ1v) is 11.3. The van der Waals surface area contributed by atoms with Crippen LogP contribution < -0.4 is 5.32 Å². The molecule has 0 fully saturated rings. The van der Waals surface area contributed by atoms with E-state index < -0.39 is 0 Å². The molecule has 1 N–H and O–H groups in total. The fourth-order valence-corrected chi connectivity index (χ4v) is 5.72. The molecule has 2 aromatic heterocycles. The van der Waals surface area contributed by atoms with E-state index in [0.717, 1.165) is 40.2 Å². The van der Waals surface area contributed by atoms with Crippen molar-refractivity contribution in [3.05, 3.63) is 81.9 Å². The van der Waals surface area contributed by atoms with Crippen LogP contribution in [0.1, 0.15) is 44.9 Å². The summed E-state index contributed by atoms with van der Waals surface area (Å²) in [6, 6.07) is 18.1. The number of nitrogens with one attached hydrogen (secondary N) is 1. The Kier molecular flexibility index (Phi) is 4.87. The van der Waals surface area contributed by atoms with E-state index in [-0.39, 0.29) is 5.91 Å². The van der Waals surface area contributed by atoms with E-state index in [1.165, 1.54) is 34.2 Å². The molecular formula is C26H24N2OS. The molecule has 0 radical (unpaired) electrons. The van der Waals surface area contributed by atoms with Crippen molar-refractivity contribution in [2.45, 2.75) is 39.5 Å². The molecule has 4 heteroatoms. The van der Waals surface area contributed by atoms with E-state index in [0.29, 0.717) is 5.56 Å². The van der Waals surface area contributed by atoms with Gasteiger partial charge >= 0.3 is 0 Å². The molecule has 1 amide bonds. The van der Waals surface area contributed by atoms with Crippen molar-refractivity contribution >= 4 is 33.1 Å². The second-order valence-electron chi connectivity index (χ2n) is 8.02. The average molecular weight is 413 g/mol. The number of anilines is 1. The molecule has 0 atom stereocenters. The molecule has 0 unspecified atom stereocenters. The van der Waals surface area contributed by atoms with Gasteiger partial charge in [0, 0.05) is 21.5 Å². The number of benzene rings is 2. The van der Waals surface area contributed by atoms with Crippen molar-refractivity contribution in [2.24, 2.45) is 0 Å². The lowest BCUT2D eigenvalue weighted by atomic mass is 9.89. The first-order chi connectivity index (χ1) is 14.6. The van der Waals surface area contributed by atoms with E-state index in [1.807, 2.05) is 48.6 Å². The fourth-order valence-electron chi connectivity index (χ4n) is 4.40. The van der Waals surface area contributed by atoms with Gasteiger partial charge in [0.25, 0.3) is 5.91 Å². The molecule has 3 nitrogen and oxygen atoms in total. The lowest BCUT2D eigenvalue weighted by Gasteiger charge is -2.17. The molecule has 4 aromatic rings. The zero-order chi connectivity index (χ0) is 20.7. The topological polar surface area (TPSA) is 42.0 Å². The summed E-state index contributed by atoms with van der Waals surface area (Å²) in [7, 11) is 0. The largest absolute Gasteiger partial charge is 0.322 e. The molecule has 5 rings (SSSR count). The number of pyridine rings is 1. The maximum atomic E-state index is 13.5. The summed E-state index contributed by atoms with van der Waals surface area (Å²) in [4.78, 5) is 20.9. The number of hydrogen-bond acceptors (Lipinski definition) is 3. The van der Waals surface area contributed by atoms with Gasteiger partial charge in [0.15, 0.2) is 0 Å². The second kappa shape index (κ2) is 7.69. The summed E-state index contributed by atoms with van der Waals surface area (Å²) in [5, 5.41) is 4.26. The van der Waals surface area contributed by atoms with Gasteiger partial charge in [0.05, 0.1) is 11.3 Å². The van der Waals surface area contributed by atoms with Crippen LogP contribution in [0.2, 0.25) is 0 Å². The van der Waals surface area contributed by atoms with E-state index in [4.69, 9.17) is 4.98 Å². The van der Waals surface area contributed by atoms with E-state index >= 15 is 0 Å². The Bertz CT molecular complexity index is 1240. The zero-order valence-corrected chi connectivity index (χ0v) is 18.1. The highest BCUT2D eigenvalue weighted by atomic mass is 32.1. The van der Waals surface area contributed by atoms with Gasteiger partial charge in [-0.3, -0.25) is 4.79 Å². The number of para-hydroxylation sites is 1. The van der Waals surface area contributed by atoms with Crippen molar-refractivity contribution in [2.75, 3.05) is 5.32 Å². The molecule has 0 saturated heterocycles. The van der Waals surface area contributed by atoms with Gasteiger partial charge in [0.2, 0.25) is 0 Å². The molecule has 2 heterocycles. The van der Waals surface area contributed by atoms with Crippen LogP contribution in [-0.2, 0) is 12.8 Å². The molecule has 150 valence electrons. The Morgan fingerprint density at radius 1 is 0.967 bits per heavy atom. The van der Waals surface area contributed by atoms with Gasteiger partial charge in [-0.05, 0) is 62.8 Å². The summed E-state index contributed by atoms with van der Waals surface area (Å²) >= 11 is 1.81. The van der Waals surface area contributed by atoms with Crippen LogP contribution in [0.15, 0.2) is 54.6 Å². The predicted octanol–water partition coefficient (Wildman–Crippen LogP) is 6.71. The number of thiophene rings is 1. The molecular weight excluding hydrogens is 388 g/mol. The van der Waals surface area contributed by atoms with Crippen LogP contribution in [0.3, 0.4) is 0 Å². The normalized spacial score (nSPS) is 13.3. The smallest absolute Gasteiger partial charge is 0.258 e. The highest BCUT2D eigenvalue weighted by molar-refractivity contribution is 7.19. The number of fused-ring (bicyclic) bond motifs is 3. The van der Waals surface area contributed by atoms with Crippen LogP contribution in [0.5, 0.6) is 0 Å². The van der Waals surface area contributed by atoms with E-state index in [9.17, 15) is 4.79 Å². The van der Waals surface area contributed by atoms with Gasteiger partial charge in [0.1, 0.15) is 4.83 Å². The van der Waals surface area contributed by atoms with Crippen molar-refractivity contribution in [1.82, 2.24) is 4.98 Å². The second-order valence-corrected chi connectivity index (χ2v) is 9.11. The Morgan fingerprint density at radius 3 is 2.47 bits per heavy atom. The minimum atomic E-state index is -0.0977. The molecule has 0 aliphatic heterocycles. The maximum Gasteiger partial charge on any atom is 0.258 e. The Balaban J connectivity index is 1.76. The number of aromatic nitrogens is 1. The standard InChI is InChI=1S/C26H24N2OS/c1-16-12-14-18(15-13-16)23-22(25(29)28-19-8-4-3-5-9-19)17(2)27-26-24(23)20-10-6-7-11-21(20)30-26/h3-5,8-9,12-15H,6-7,10-11H2,1-2H3,(H,28,29). The molecule has 2 aromatic carbocycles. The number of rotatable bonds is 3. The summed E-state index contributed by atoms with van der Waals surface area (Å²) in [5.41, 5.74) is 6.99. The summed E-state index contributed by atoms with van der Waals surface area (Å²) in [6.07, 6.45) is 4.62. The van der Waals surface area contributed by atoms with Gasteiger partial charge < -0.3 is 5.32 Å². The Labute approximate surface area is 180 Å². The molecule has 0 saturated carbocycles. The van der Waals surface area contributed by atoms with E-state index in [2.05, 4.69) is 36.5 Å². The zero-order valence-electron chi connectivity index (χ0n) is 17.3. The highest BCUT2D eigenvalue weighted by Crippen LogP contribution is 2.43. The Morgan fingerprint density at radius 2 is 1.70 bits per heavy atom. The third-order valence-electron chi connectivity index (χ3n) is 5.88. The number of hydrogen-bond donors (Lipinski definition) is 1. The number of carbonyl (C=O) groups is 1. The number of nitrogens with zero attached hydrogens (tertiary/aromatic N) is 1. The van der Waals surface area contributed by atoms with Crippen molar-refractivity contribution in [3.8, 4) is 11.1 Å². The summed E-state index contributed by atoms with van der Waals surface area (Å²) < 4.78 is 0. The molecule has 0 spiro atoms. The first kappa shape index (κ1) is 19.0. The van der Waals surface area contributed by atoms with Crippen LogP contribution in [0, 0.1) is 13.8 Å². The fraction of sp³-hybridized carbons (Fsp3) is 0.231. The van der Waals surface area contributed by atoms with Gasteiger partial charge in [-0.2, -0.15) is 0 Å². The maximum absolute atomic E-state index is 13.5. The highest BCUT2D eigenvalue weighted by Gasteiger charge is 2.26. The van der Waals surface area contributed by atoms with Gasteiger partial charge in [-0.25, -0.2) is 4.98 Å². The number of amides is 1. The van der Waals surface area contributed by atoms with Crippen LogP contribution in [-0.4, -0.2) is 10.9 Å². The lowest BCUT2D eigenvalue weighted by Crippen LogP contribution is -2.16. The minimum Gasteiger partial charge on any atom is -0.322 e. The third-order valence-corrected chi connectivity index (χ3v) is 7.07. The predicted molar refractivity (Wildman–Crippen MR) is 126 cm³/mol. The SMILES string of the molecule is Cc1ccc(-c2c(C(=O)Nc3ccccc3)c(C)nc3sc4c(c23)CCCC4)cc1. The molecule has 1 aliphatic carbocycles. The van der Waals surface area contributed by atoms with Crippen LogP contribution >= 0.6 is 11.3 Å². The van der Waals surface area contributed by atoms with Crippen molar-refractivity contribution < 1.29 is 4.79 Å². The lowest BCUT2D eigenvalue weighted by molar-refractivity contribution is 0.102. The Hall–Kier alpha value is -2.98. The monoisotopic (exact) mass is 412 g/mol. The van der Waals surface area contributed by atoms with E-state index in [1.54, 1.807) is 0 Å². The number of aryl methyl sites for hydroxylation is 4. The summed E-state index contributed by atoms with van der Waals surface area (Å²) in [6.45, 7) is 4.04.